The van der Waals surface area contributed by atoms with Crippen LogP contribution in [0, 0.1) is 11.6 Å². The molecule has 1 aliphatic rings. The van der Waals surface area contributed by atoms with Crippen molar-refractivity contribution in [3.63, 3.8) is 0 Å². The van der Waals surface area contributed by atoms with Gasteiger partial charge in [-0.2, -0.15) is 4.98 Å². The normalized spacial score (nSPS) is 14.9. The highest BCUT2D eigenvalue weighted by Crippen LogP contribution is 2.25. The number of aromatic nitrogens is 2. The predicted molar refractivity (Wildman–Crippen MR) is 79.1 cm³/mol. The van der Waals surface area contributed by atoms with Gasteiger partial charge >= 0.3 is 0 Å². The van der Waals surface area contributed by atoms with Crippen LogP contribution in [0.25, 0.3) is 0 Å². The van der Waals surface area contributed by atoms with Crippen molar-refractivity contribution in [2.45, 2.75) is 0 Å². The molecule has 1 fully saturated rings. The van der Waals surface area contributed by atoms with E-state index >= 15 is 0 Å². The van der Waals surface area contributed by atoms with Gasteiger partial charge in [-0.1, -0.05) is 0 Å². The van der Waals surface area contributed by atoms with Gasteiger partial charge in [-0.3, -0.25) is 0 Å². The molecule has 0 amide bonds. The van der Waals surface area contributed by atoms with E-state index in [1.165, 1.54) is 6.07 Å². The number of ether oxygens (including phenoxy) is 1. The minimum atomic E-state index is -0.695. The van der Waals surface area contributed by atoms with E-state index in [1.807, 2.05) is 4.90 Å². The first-order valence-corrected chi connectivity index (χ1v) is 6.81. The number of morpholine rings is 1. The second-order valence-electron chi connectivity index (χ2n) is 4.82. The standard InChI is InChI=1S/C14H15F2N5O/c15-10-7-9(19-14-18-8-11(16)13(17)20-14)1-2-12(10)21-3-5-22-6-4-21/h1-2,7-8H,3-6H2,(H3,17,18,19,20). The Morgan fingerprint density at radius 2 is 1.95 bits per heavy atom. The maximum Gasteiger partial charge on any atom is 0.229 e. The molecule has 2 aromatic rings. The zero-order valence-corrected chi connectivity index (χ0v) is 11.7. The number of nitrogens with one attached hydrogen (secondary N) is 1. The molecule has 6 nitrogen and oxygen atoms in total. The van der Waals surface area contributed by atoms with Crippen molar-refractivity contribution in [1.29, 1.82) is 0 Å². The molecule has 0 atom stereocenters. The van der Waals surface area contributed by atoms with Gasteiger partial charge in [0.2, 0.25) is 5.95 Å². The lowest BCUT2D eigenvalue weighted by atomic mass is 10.2. The fourth-order valence-corrected chi connectivity index (χ4v) is 2.22. The number of hydrogen-bond acceptors (Lipinski definition) is 6. The number of nitrogens with zero attached hydrogens (tertiary/aromatic N) is 3. The molecule has 0 saturated carbocycles. The van der Waals surface area contributed by atoms with Gasteiger partial charge in [-0.15, -0.1) is 0 Å². The molecule has 2 heterocycles. The monoisotopic (exact) mass is 307 g/mol. The van der Waals surface area contributed by atoms with E-state index in [0.29, 0.717) is 37.7 Å². The third-order valence-corrected chi connectivity index (χ3v) is 3.33. The van der Waals surface area contributed by atoms with E-state index in [9.17, 15) is 8.78 Å². The summed E-state index contributed by atoms with van der Waals surface area (Å²) in [7, 11) is 0. The molecule has 0 spiro atoms. The molecule has 1 aromatic heterocycles. The lowest BCUT2D eigenvalue weighted by Crippen LogP contribution is -2.36. The van der Waals surface area contributed by atoms with Crippen LogP contribution in [0.4, 0.5) is 31.9 Å². The Morgan fingerprint density at radius 3 is 2.64 bits per heavy atom. The van der Waals surface area contributed by atoms with Crippen molar-refractivity contribution < 1.29 is 13.5 Å². The summed E-state index contributed by atoms with van der Waals surface area (Å²) in [5.74, 6) is -1.21. The first-order chi connectivity index (χ1) is 10.6. The summed E-state index contributed by atoms with van der Waals surface area (Å²) in [5, 5.41) is 2.79. The van der Waals surface area contributed by atoms with Gasteiger partial charge < -0.3 is 20.7 Å². The summed E-state index contributed by atoms with van der Waals surface area (Å²) < 4.78 is 32.5. The average Bonchev–Trinajstić information content (AvgIpc) is 2.52. The van der Waals surface area contributed by atoms with Crippen molar-refractivity contribution in [2.24, 2.45) is 0 Å². The molecule has 3 rings (SSSR count). The molecular formula is C14H15F2N5O. The van der Waals surface area contributed by atoms with E-state index in [4.69, 9.17) is 10.5 Å². The summed E-state index contributed by atoms with van der Waals surface area (Å²) in [6.45, 7) is 2.48. The molecule has 0 aliphatic carbocycles. The summed E-state index contributed by atoms with van der Waals surface area (Å²) in [6.07, 6.45) is 0.961. The fraction of sp³-hybridized carbons (Fsp3) is 0.286. The zero-order valence-electron chi connectivity index (χ0n) is 11.7. The Kier molecular flexibility index (Phi) is 4.01. The third kappa shape index (κ3) is 3.06. The Balaban J connectivity index is 1.77. The summed E-state index contributed by atoms with van der Waals surface area (Å²) in [4.78, 5) is 9.42. The highest BCUT2D eigenvalue weighted by Gasteiger charge is 2.15. The molecule has 116 valence electrons. The Hall–Kier alpha value is -2.48. The maximum atomic E-state index is 14.2. The second-order valence-corrected chi connectivity index (χ2v) is 4.82. The van der Waals surface area contributed by atoms with E-state index in [-0.39, 0.29) is 17.6 Å². The Bertz CT molecular complexity index is 676. The van der Waals surface area contributed by atoms with Crippen LogP contribution < -0.4 is 16.0 Å². The average molecular weight is 307 g/mol. The van der Waals surface area contributed by atoms with Crippen molar-refractivity contribution in [2.75, 3.05) is 42.3 Å². The molecule has 1 aliphatic heterocycles. The summed E-state index contributed by atoms with van der Waals surface area (Å²) in [5.41, 5.74) is 6.35. The summed E-state index contributed by atoms with van der Waals surface area (Å²) in [6, 6.07) is 4.72. The topological polar surface area (TPSA) is 76.3 Å². The molecular weight excluding hydrogens is 292 g/mol. The Morgan fingerprint density at radius 1 is 1.18 bits per heavy atom. The summed E-state index contributed by atoms with van der Waals surface area (Å²) >= 11 is 0. The number of halogens is 2. The smallest absolute Gasteiger partial charge is 0.229 e. The highest BCUT2D eigenvalue weighted by atomic mass is 19.1. The van der Waals surface area contributed by atoms with E-state index in [1.54, 1.807) is 12.1 Å². The van der Waals surface area contributed by atoms with Crippen LogP contribution in [0.15, 0.2) is 24.4 Å². The molecule has 1 aromatic carbocycles. The lowest BCUT2D eigenvalue weighted by molar-refractivity contribution is 0.122. The van der Waals surface area contributed by atoms with Crippen LogP contribution >= 0.6 is 0 Å². The first-order valence-electron chi connectivity index (χ1n) is 6.81. The minimum Gasteiger partial charge on any atom is -0.381 e. The van der Waals surface area contributed by atoms with Crippen LogP contribution in [0.3, 0.4) is 0 Å². The molecule has 0 radical (unpaired) electrons. The number of nitrogen functional groups attached to an aromatic ring is 1. The highest BCUT2D eigenvalue weighted by molar-refractivity contribution is 5.60. The largest absolute Gasteiger partial charge is 0.381 e. The van der Waals surface area contributed by atoms with Crippen LogP contribution in [-0.2, 0) is 4.74 Å². The predicted octanol–water partition coefficient (Wildman–Crippen LogP) is 1.92. The van der Waals surface area contributed by atoms with Crippen molar-refractivity contribution >= 4 is 23.1 Å². The number of nitrogens with two attached hydrogens (primary N) is 1. The fourth-order valence-electron chi connectivity index (χ4n) is 2.22. The molecule has 22 heavy (non-hydrogen) atoms. The van der Waals surface area contributed by atoms with Gasteiger partial charge in [0.1, 0.15) is 5.82 Å². The van der Waals surface area contributed by atoms with E-state index in [0.717, 1.165) is 6.20 Å². The van der Waals surface area contributed by atoms with Gasteiger partial charge in [0.15, 0.2) is 11.6 Å². The molecule has 3 N–H and O–H groups in total. The number of rotatable bonds is 3. The van der Waals surface area contributed by atoms with Gasteiger partial charge in [-0.25, -0.2) is 13.8 Å². The number of benzene rings is 1. The number of anilines is 4. The molecule has 0 unspecified atom stereocenters. The van der Waals surface area contributed by atoms with Crippen molar-refractivity contribution in [1.82, 2.24) is 9.97 Å². The van der Waals surface area contributed by atoms with Crippen LogP contribution in [-0.4, -0.2) is 36.3 Å². The zero-order chi connectivity index (χ0) is 15.5. The second kappa shape index (κ2) is 6.10. The van der Waals surface area contributed by atoms with Gasteiger partial charge in [0.25, 0.3) is 0 Å². The van der Waals surface area contributed by atoms with Gasteiger partial charge in [-0.05, 0) is 18.2 Å². The van der Waals surface area contributed by atoms with Crippen LogP contribution in [0.1, 0.15) is 0 Å². The minimum absolute atomic E-state index is 0.109. The van der Waals surface area contributed by atoms with E-state index in [2.05, 4.69) is 15.3 Å². The van der Waals surface area contributed by atoms with Gasteiger partial charge in [0, 0.05) is 18.8 Å². The van der Waals surface area contributed by atoms with Gasteiger partial charge in [0.05, 0.1) is 25.1 Å². The quantitative estimate of drug-likeness (QED) is 0.902. The maximum absolute atomic E-state index is 14.2. The lowest BCUT2D eigenvalue weighted by Gasteiger charge is -2.29. The molecule has 1 saturated heterocycles. The number of hydrogen-bond donors (Lipinski definition) is 2. The SMILES string of the molecule is Nc1nc(Nc2ccc(N3CCOCC3)c(F)c2)ncc1F. The molecule has 0 bridgehead atoms. The van der Waals surface area contributed by atoms with E-state index < -0.39 is 5.82 Å². The van der Waals surface area contributed by atoms with Crippen molar-refractivity contribution in [3.8, 4) is 0 Å². The third-order valence-electron chi connectivity index (χ3n) is 3.33. The Labute approximate surface area is 125 Å². The van der Waals surface area contributed by atoms with Crippen molar-refractivity contribution in [3.05, 3.63) is 36.0 Å². The van der Waals surface area contributed by atoms with Crippen LogP contribution in [0.5, 0.6) is 0 Å². The first kappa shape index (κ1) is 14.5. The van der Waals surface area contributed by atoms with Crippen LogP contribution in [0.2, 0.25) is 0 Å². The molecule has 8 heteroatoms.